The van der Waals surface area contributed by atoms with Gasteiger partial charge >= 0.3 is 6.18 Å². The van der Waals surface area contributed by atoms with Crippen molar-refractivity contribution in [3.8, 4) is 0 Å². The maximum absolute atomic E-state index is 12.6. The Morgan fingerprint density at radius 3 is 2.56 bits per heavy atom. The molecule has 0 saturated heterocycles. The first kappa shape index (κ1) is 19.3. The normalized spacial score (nSPS) is 23.6. The molecule has 144 valence electrons. The molecule has 1 aromatic carbocycles. The van der Waals surface area contributed by atoms with E-state index in [1.807, 2.05) is 6.92 Å². The molecule has 1 aliphatic heterocycles. The molecule has 3 atom stereocenters. The number of carbonyl (C=O) groups is 1. The van der Waals surface area contributed by atoms with Gasteiger partial charge in [0.05, 0.1) is 11.6 Å². The average molecular weight is 378 g/mol. The molecule has 27 heavy (non-hydrogen) atoms. The Balaban J connectivity index is 1.74. The smallest absolute Gasteiger partial charge is 0.325 e. The molecule has 1 aromatic rings. The lowest BCUT2D eigenvalue weighted by atomic mass is 9.81. The average Bonchev–Trinajstić information content (AvgIpc) is 2.62. The summed E-state index contributed by atoms with van der Waals surface area (Å²) in [5.41, 5.74) is 0.371. The third-order valence-corrected chi connectivity index (χ3v) is 5.06. The summed E-state index contributed by atoms with van der Waals surface area (Å²) in [6, 6.07) is 4.28. The van der Waals surface area contributed by atoms with Crippen LogP contribution in [0, 0.1) is 17.2 Å². The molecule has 2 N–H and O–H groups in total. The summed E-state index contributed by atoms with van der Waals surface area (Å²) in [5.74, 6) is -0.902. The lowest BCUT2D eigenvalue weighted by Gasteiger charge is -2.32. The summed E-state index contributed by atoms with van der Waals surface area (Å²) in [7, 11) is 0. The molecule has 5 nitrogen and oxygen atoms in total. The fraction of sp³-hybridized carbons (Fsp3) is 0.474. The number of benzene rings is 1. The third-order valence-electron chi connectivity index (χ3n) is 5.06. The number of halogens is 3. The highest BCUT2D eigenvalue weighted by molar-refractivity contribution is 6.21. The van der Waals surface area contributed by atoms with Crippen molar-refractivity contribution in [2.75, 3.05) is 5.32 Å². The summed E-state index contributed by atoms with van der Waals surface area (Å²) in [5, 5.41) is 10.2. The molecule has 1 aliphatic carbocycles. The monoisotopic (exact) mass is 378 g/mol. The van der Waals surface area contributed by atoms with E-state index in [2.05, 4.69) is 15.3 Å². The van der Waals surface area contributed by atoms with Gasteiger partial charge in [0.15, 0.2) is 0 Å². The van der Waals surface area contributed by atoms with E-state index in [0.717, 1.165) is 49.7 Å². The molecule has 1 heterocycles. The summed E-state index contributed by atoms with van der Waals surface area (Å²) in [6.45, 7) is 1.92. The van der Waals surface area contributed by atoms with Gasteiger partial charge in [0.1, 0.15) is 11.8 Å². The highest BCUT2D eigenvalue weighted by Gasteiger charge is 2.34. The number of nitrogens with one attached hydrogen (secondary N) is 2. The van der Waals surface area contributed by atoms with Gasteiger partial charge in [0.2, 0.25) is 5.91 Å². The first-order valence-corrected chi connectivity index (χ1v) is 8.91. The van der Waals surface area contributed by atoms with E-state index < -0.39 is 23.6 Å². The predicted octanol–water partition coefficient (Wildman–Crippen LogP) is 4.34. The van der Waals surface area contributed by atoms with Crippen LogP contribution in [0.5, 0.6) is 0 Å². The van der Waals surface area contributed by atoms with E-state index in [4.69, 9.17) is 5.41 Å². The zero-order valence-electron chi connectivity index (χ0n) is 14.9. The summed E-state index contributed by atoms with van der Waals surface area (Å²) < 4.78 is 37.9. The number of hydrogen-bond donors (Lipinski definition) is 2. The number of carbonyl (C=O) groups excluding carboxylic acids is 1. The second kappa shape index (κ2) is 7.62. The van der Waals surface area contributed by atoms with Crippen molar-refractivity contribution in [1.29, 1.82) is 5.41 Å². The third kappa shape index (κ3) is 4.26. The Hall–Kier alpha value is -2.51. The van der Waals surface area contributed by atoms with Crippen molar-refractivity contribution in [1.82, 2.24) is 0 Å². The lowest BCUT2D eigenvalue weighted by molar-refractivity contribution is -0.137. The van der Waals surface area contributed by atoms with Crippen LogP contribution in [0.2, 0.25) is 0 Å². The van der Waals surface area contributed by atoms with Crippen molar-refractivity contribution in [2.45, 2.75) is 44.8 Å². The van der Waals surface area contributed by atoms with Gasteiger partial charge in [0.25, 0.3) is 0 Å². The Morgan fingerprint density at radius 2 is 1.93 bits per heavy atom. The van der Waals surface area contributed by atoms with E-state index in [0.29, 0.717) is 11.8 Å². The zero-order chi connectivity index (χ0) is 19.6. The molecule has 1 fully saturated rings. The number of rotatable bonds is 4. The number of anilines is 1. The number of alkyl halides is 3. The summed E-state index contributed by atoms with van der Waals surface area (Å²) >= 11 is 0. The van der Waals surface area contributed by atoms with Crippen LogP contribution in [0.1, 0.15) is 38.2 Å². The van der Waals surface area contributed by atoms with Gasteiger partial charge in [-0.05, 0) is 44.0 Å². The van der Waals surface area contributed by atoms with Crippen molar-refractivity contribution in [3.05, 3.63) is 29.8 Å². The summed E-state index contributed by atoms with van der Waals surface area (Å²) in [4.78, 5) is 21.6. The van der Waals surface area contributed by atoms with Crippen LogP contribution >= 0.6 is 0 Å². The molecule has 0 spiro atoms. The number of amidine groups is 1. The van der Waals surface area contributed by atoms with E-state index >= 15 is 0 Å². The van der Waals surface area contributed by atoms with Gasteiger partial charge in [-0.2, -0.15) is 13.2 Å². The fourth-order valence-corrected chi connectivity index (χ4v) is 3.60. The highest BCUT2D eigenvalue weighted by Crippen LogP contribution is 2.32. The van der Waals surface area contributed by atoms with E-state index in [1.54, 1.807) is 0 Å². The summed E-state index contributed by atoms with van der Waals surface area (Å²) in [6.07, 6.45) is 0.730. The van der Waals surface area contributed by atoms with Crippen molar-refractivity contribution >= 4 is 29.4 Å². The minimum absolute atomic E-state index is 0.0903. The molecule has 0 radical (unpaired) electrons. The van der Waals surface area contributed by atoms with Crippen LogP contribution < -0.4 is 5.32 Å². The van der Waals surface area contributed by atoms with Crippen LogP contribution in [0.3, 0.4) is 0 Å². The Bertz CT molecular complexity index is 783. The molecular formula is C19H21F3N4O. The largest absolute Gasteiger partial charge is 0.416 e. The van der Waals surface area contributed by atoms with Crippen molar-refractivity contribution < 1.29 is 18.0 Å². The van der Waals surface area contributed by atoms with Crippen LogP contribution in [0.15, 0.2) is 34.3 Å². The molecule has 1 amide bonds. The SMILES string of the molecule is CC1=NC(C(C=N)C(=O)Nc2ccc(C(F)(F)F)cc2)=NC2CCCCC12. The second-order valence-electron chi connectivity index (χ2n) is 6.91. The molecule has 3 unspecified atom stereocenters. The standard InChI is InChI=1S/C19H21F3N4O/c1-11-14-4-2-3-5-16(14)26-17(24-11)15(10-23)18(27)25-13-8-6-12(7-9-13)19(20,21)22/h6-10,14-16,23H,2-5H2,1H3,(H,25,27). The first-order valence-electron chi connectivity index (χ1n) is 8.91. The van der Waals surface area contributed by atoms with Crippen LogP contribution in [0.4, 0.5) is 18.9 Å². The second-order valence-corrected chi connectivity index (χ2v) is 6.91. The van der Waals surface area contributed by atoms with E-state index in [-0.39, 0.29) is 11.7 Å². The zero-order valence-corrected chi connectivity index (χ0v) is 14.9. The lowest BCUT2D eigenvalue weighted by Crippen LogP contribution is -2.38. The molecule has 1 saturated carbocycles. The van der Waals surface area contributed by atoms with E-state index in [9.17, 15) is 18.0 Å². The number of fused-ring (bicyclic) bond motifs is 1. The van der Waals surface area contributed by atoms with Gasteiger partial charge in [-0.3, -0.25) is 9.79 Å². The van der Waals surface area contributed by atoms with Gasteiger partial charge < -0.3 is 10.7 Å². The highest BCUT2D eigenvalue weighted by atomic mass is 19.4. The Labute approximate surface area is 155 Å². The molecule has 0 bridgehead atoms. The number of amides is 1. The van der Waals surface area contributed by atoms with Gasteiger partial charge in [-0.25, -0.2) is 4.99 Å². The maximum atomic E-state index is 12.6. The minimum atomic E-state index is -4.43. The number of hydrogen-bond acceptors (Lipinski definition) is 4. The van der Waals surface area contributed by atoms with Gasteiger partial charge in [-0.1, -0.05) is 12.8 Å². The molecule has 0 aromatic heterocycles. The van der Waals surface area contributed by atoms with Crippen molar-refractivity contribution in [3.63, 3.8) is 0 Å². The Kier molecular flexibility index (Phi) is 5.43. The molecular weight excluding hydrogens is 357 g/mol. The van der Waals surface area contributed by atoms with Crippen molar-refractivity contribution in [2.24, 2.45) is 21.8 Å². The van der Waals surface area contributed by atoms with Crippen LogP contribution in [-0.2, 0) is 11.0 Å². The molecule has 3 rings (SSSR count). The predicted molar refractivity (Wildman–Crippen MR) is 98.6 cm³/mol. The fourth-order valence-electron chi connectivity index (χ4n) is 3.60. The van der Waals surface area contributed by atoms with Crippen LogP contribution in [0.25, 0.3) is 0 Å². The number of nitrogens with zero attached hydrogens (tertiary/aromatic N) is 2. The first-order chi connectivity index (χ1) is 12.8. The maximum Gasteiger partial charge on any atom is 0.416 e. The van der Waals surface area contributed by atoms with Gasteiger partial charge in [-0.15, -0.1) is 0 Å². The quantitative estimate of drug-likeness (QED) is 0.751. The van der Waals surface area contributed by atoms with E-state index in [1.165, 1.54) is 12.1 Å². The molecule has 2 aliphatic rings. The van der Waals surface area contributed by atoms with Crippen LogP contribution in [-0.4, -0.2) is 29.7 Å². The van der Waals surface area contributed by atoms with Gasteiger partial charge in [0, 0.05) is 23.5 Å². The topological polar surface area (TPSA) is 77.7 Å². The molecule has 8 heteroatoms. The Morgan fingerprint density at radius 1 is 1.26 bits per heavy atom. The number of aliphatic imine (C=N–C) groups is 2. The minimum Gasteiger partial charge on any atom is -0.325 e.